The predicted molar refractivity (Wildman–Crippen MR) is 76.0 cm³/mol. The summed E-state index contributed by atoms with van der Waals surface area (Å²) < 4.78 is 0. The summed E-state index contributed by atoms with van der Waals surface area (Å²) in [5.41, 5.74) is 1.31. The largest absolute Gasteiger partial charge is 0.508 e. The molecule has 0 amide bonds. The fourth-order valence-electron chi connectivity index (χ4n) is 3.29. The maximum atomic E-state index is 9.67. The minimum Gasteiger partial charge on any atom is -0.508 e. The van der Waals surface area contributed by atoms with Crippen LogP contribution in [-0.2, 0) is 0 Å². The van der Waals surface area contributed by atoms with Gasteiger partial charge in [-0.05, 0) is 63.4 Å². The van der Waals surface area contributed by atoms with Crippen molar-refractivity contribution in [1.29, 1.82) is 0 Å². The predicted octanol–water partition coefficient (Wildman–Crippen LogP) is 3.62. The molecule has 2 rings (SSSR count). The van der Waals surface area contributed by atoms with Gasteiger partial charge in [-0.1, -0.05) is 25.0 Å². The zero-order valence-electron chi connectivity index (χ0n) is 11.8. The van der Waals surface area contributed by atoms with Gasteiger partial charge in [-0.3, -0.25) is 0 Å². The standard InChI is InChI=1S/C16H25NO/c1-12(17(2)3)15-9-4-5-10-16(15)13-7-6-8-14(18)11-13/h6-8,11-12,15-16,18H,4-5,9-10H2,1-3H3. The van der Waals surface area contributed by atoms with E-state index in [9.17, 15) is 5.11 Å². The van der Waals surface area contributed by atoms with Crippen LogP contribution in [0, 0.1) is 5.92 Å². The number of phenols is 1. The highest BCUT2D eigenvalue weighted by atomic mass is 16.3. The Morgan fingerprint density at radius 2 is 1.94 bits per heavy atom. The van der Waals surface area contributed by atoms with E-state index < -0.39 is 0 Å². The summed E-state index contributed by atoms with van der Waals surface area (Å²) in [6.07, 6.45) is 5.22. The van der Waals surface area contributed by atoms with Crippen molar-refractivity contribution in [3.63, 3.8) is 0 Å². The van der Waals surface area contributed by atoms with Gasteiger partial charge in [0.1, 0.15) is 5.75 Å². The van der Waals surface area contributed by atoms with E-state index in [1.165, 1.54) is 31.2 Å². The third kappa shape index (κ3) is 2.86. The fraction of sp³-hybridized carbons (Fsp3) is 0.625. The maximum absolute atomic E-state index is 9.67. The molecule has 0 spiro atoms. The molecule has 0 aromatic heterocycles. The van der Waals surface area contributed by atoms with Crippen LogP contribution in [0.5, 0.6) is 5.75 Å². The number of nitrogens with zero attached hydrogens (tertiary/aromatic N) is 1. The van der Waals surface area contributed by atoms with Gasteiger partial charge >= 0.3 is 0 Å². The first-order valence-electron chi connectivity index (χ1n) is 7.05. The number of benzene rings is 1. The Hall–Kier alpha value is -1.02. The van der Waals surface area contributed by atoms with Crippen LogP contribution in [0.1, 0.15) is 44.1 Å². The van der Waals surface area contributed by atoms with Crippen molar-refractivity contribution in [2.75, 3.05) is 14.1 Å². The van der Waals surface area contributed by atoms with Crippen LogP contribution in [0.4, 0.5) is 0 Å². The van der Waals surface area contributed by atoms with Gasteiger partial charge in [-0.2, -0.15) is 0 Å². The molecule has 3 unspecified atom stereocenters. The van der Waals surface area contributed by atoms with E-state index >= 15 is 0 Å². The van der Waals surface area contributed by atoms with Crippen molar-refractivity contribution in [3.8, 4) is 5.75 Å². The Morgan fingerprint density at radius 3 is 2.61 bits per heavy atom. The number of aromatic hydroxyl groups is 1. The molecule has 1 N–H and O–H groups in total. The molecule has 1 aromatic carbocycles. The first-order chi connectivity index (χ1) is 8.59. The van der Waals surface area contributed by atoms with Gasteiger partial charge in [-0.15, -0.1) is 0 Å². The lowest BCUT2D eigenvalue weighted by Gasteiger charge is -2.39. The maximum Gasteiger partial charge on any atom is 0.115 e. The van der Waals surface area contributed by atoms with Crippen molar-refractivity contribution in [3.05, 3.63) is 29.8 Å². The summed E-state index contributed by atoms with van der Waals surface area (Å²) in [5.74, 6) is 1.70. The molecule has 1 aliphatic rings. The molecule has 1 aliphatic carbocycles. The Bertz CT molecular complexity index is 388. The first kappa shape index (κ1) is 13.4. The third-order valence-electron chi connectivity index (χ3n) is 4.55. The molecule has 1 fully saturated rings. The summed E-state index contributed by atoms with van der Waals surface area (Å²) in [4.78, 5) is 2.33. The van der Waals surface area contributed by atoms with E-state index in [0.29, 0.717) is 23.6 Å². The quantitative estimate of drug-likeness (QED) is 0.882. The summed E-state index contributed by atoms with van der Waals surface area (Å²) >= 11 is 0. The summed E-state index contributed by atoms with van der Waals surface area (Å²) in [5, 5.41) is 9.67. The van der Waals surface area contributed by atoms with Gasteiger partial charge in [0.25, 0.3) is 0 Å². The Labute approximate surface area is 111 Å². The lowest BCUT2D eigenvalue weighted by atomic mass is 9.72. The van der Waals surface area contributed by atoms with Crippen LogP contribution < -0.4 is 0 Å². The van der Waals surface area contributed by atoms with Crippen molar-refractivity contribution in [2.24, 2.45) is 5.92 Å². The van der Waals surface area contributed by atoms with E-state index in [1.807, 2.05) is 12.1 Å². The van der Waals surface area contributed by atoms with Crippen LogP contribution in [0.2, 0.25) is 0 Å². The molecule has 2 heteroatoms. The van der Waals surface area contributed by atoms with Gasteiger partial charge < -0.3 is 10.0 Å². The molecular weight excluding hydrogens is 222 g/mol. The minimum atomic E-state index is 0.398. The van der Waals surface area contributed by atoms with Crippen LogP contribution in [0.15, 0.2) is 24.3 Å². The zero-order chi connectivity index (χ0) is 13.1. The fourth-order valence-corrected chi connectivity index (χ4v) is 3.29. The van der Waals surface area contributed by atoms with Crippen molar-refractivity contribution < 1.29 is 5.11 Å². The van der Waals surface area contributed by atoms with Gasteiger partial charge in [0, 0.05) is 6.04 Å². The topological polar surface area (TPSA) is 23.5 Å². The highest BCUT2D eigenvalue weighted by Gasteiger charge is 2.31. The summed E-state index contributed by atoms with van der Waals surface area (Å²) in [6.45, 7) is 2.33. The summed E-state index contributed by atoms with van der Waals surface area (Å²) in [6, 6.07) is 8.45. The SMILES string of the molecule is CC(C1CCCCC1c1cccc(O)c1)N(C)C. The van der Waals surface area contributed by atoms with Gasteiger partial charge in [0.15, 0.2) is 0 Å². The molecule has 0 radical (unpaired) electrons. The van der Waals surface area contributed by atoms with E-state index in [-0.39, 0.29) is 0 Å². The van der Waals surface area contributed by atoms with Gasteiger partial charge in [0.05, 0.1) is 0 Å². The van der Waals surface area contributed by atoms with E-state index in [2.05, 4.69) is 32.0 Å². The molecule has 0 bridgehead atoms. The third-order valence-corrected chi connectivity index (χ3v) is 4.55. The van der Waals surface area contributed by atoms with Crippen molar-refractivity contribution in [1.82, 2.24) is 4.90 Å². The molecule has 3 atom stereocenters. The van der Waals surface area contributed by atoms with Crippen LogP contribution in [-0.4, -0.2) is 30.1 Å². The molecular formula is C16H25NO. The lowest BCUT2D eigenvalue weighted by molar-refractivity contribution is 0.162. The van der Waals surface area contributed by atoms with E-state index in [4.69, 9.17) is 0 Å². The van der Waals surface area contributed by atoms with Gasteiger partial charge in [-0.25, -0.2) is 0 Å². The van der Waals surface area contributed by atoms with Crippen LogP contribution in [0.25, 0.3) is 0 Å². The smallest absolute Gasteiger partial charge is 0.115 e. The number of hydrogen-bond donors (Lipinski definition) is 1. The Morgan fingerprint density at radius 1 is 1.22 bits per heavy atom. The van der Waals surface area contributed by atoms with Crippen molar-refractivity contribution >= 4 is 0 Å². The second kappa shape index (κ2) is 5.75. The van der Waals surface area contributed by atoms with E-state index in [0.717, 1.165) is 0 Å². The molecule has 0 saturated heterocycles. The highest BCUT2D eigenvalue weighted by molar-refractivity contribution is 5.30. The average molecular weight is 247 g/mol. The second-order valence-corrected chi connectivity index (χ2v) is 5.85. The number of rotatable bonds is 3. The first-order valence-corrected chi connectivity index (χ1v) is 7.05. The number of phenolic OH excluding ortho intramolecular Hbond substituents is 1. The number of hydrogen-bond acceptors (Lipinski definition) is 2. The zero-order valence-corrected chi connectivity index (χ0v) is 11.8. The Balaban J connectivity index is 2.22. The van der Waals surface area contributed by atoms with Gasteiger partial charge in [0.2, 0.25) is 0 Å². The summed E-state index contributed by atoms with van der Waals surface area (Å²) in [7, 11) is 4.33. The lowest BCUT2D eigenvalue weighted by Crippen LogP contribution is -2.37. The monoisotopic (exact) mass is 247 g/mol. The molecule has 18 heavy (non-hydrogen) atoms. The van der Waals surface area contributed by atoms with Crippen LogP contribution in [0.3, 0.4) is 0 Å². The van der Waals surface area contributed by atoms with Crippen LogP contribution >= 0.6 is 0 Å². The van der Waals surface area contributed by atoms with Crippen molar-refractivity contribution in [2.45, 2.75) is 44.6 Å². The molecule has 1 saturated carbocycles. The minimum absolute atomic E-state index is 0.398. The molecule has 0 heterocycles. The molecule has 1 aromatic rings. The highest BCUT2D eigenvalue weighted by Crippen LogP contribution is 2.41. The average Bonchev–Trinajstić information content (AvgIpc) is 2.38. The normalized spacial score (nSPS) is 26.2. The Kier molecular flexibility index (Phi) is 4.28. The molecule has 2 nitrogen and oxygen atoms in total. The molecule has 100 valence electrons. The van der Waals surface area contributed by atoms with E-state index in [1.54, 1.807) is 6.07 Å². The second-order valence-electron chi connectivity index (χ2n) is 5.85. The molecule has 0 aliphatic heterocycles.